The van der Waals surface area contributed by atoms with Gasteiger partial charge in [-0.25, -0.2) is 9.97 Å². The topological polar surface area (TPSA) is 137 Å². The van der Waals surface area contributed by atoms with Crippen molar-refractivity contribution in [3.8, 4) is 21.8 Å². The minimum Gasteiger partial charge on any atom is -0.398 e. The number of nitrogens with one attached hydrogen (secondary N) is 2. The number of aliphatic hydroxyl groups excluding tert-OH is 1. The number of nitrogens with zero attached hydrogens (tertiary/aromatic N) is 3. The third-order valence-electron chi connectivity index (χ3n) is 6.57. The van der Waals surface area contributed by atoms with Gasteiger partial charge in [-0.05, 0) is 36.2 Å². The maximum absolute atomic E-state index is 12.7. The molecule has 0 saturated carbocycles. The molecule has 5 rings (SSSR count). The highest BCUT2D eigenvalue weighted by Crippen LogP contribution is 2.39. The zero-order valence-electron chi connectivity index (χ0n) is 21.1. The Hall–Kier alpha value is -3.86. The number of benzene rings is 2. The standard InChI is InChI=1S/C28H30N6O3S/c1-2-19(35)16-31-28(36)18-6-3-5-17(13-18)24-14-23-25(38-24)27(34-9-11-37-12-10-34)33-26(32-23)20-7-4-8-22(30)21(20)15-29/h3-8,13-15,19,29,35H,2,9-12,16,30H2,1H3,(H,31,36)/t19-/m0/s1. The number of hydrogen-bond donors (Lipinski definition) is 4. The van der Waals surface area contributed by atoms with E-state index in [0.29, 0.717) is 60.9 Å². The van der Waals surface area contributed by atoms with E-state index in [1.807, 2.05) is 43.3 Å². The minimum absolute atomic E-state index is 0.214. The molecule has 0 aliphatic carbocycles. The third-order valence-corrected chi connectivity index (χ3v) is 7.74. The molecule has 2 aromatic heterocycles. The molecule has 5 N–H and O–H groups in total. The molecule has 0 radical (unpaired) electrons. The molecule has 1 saturated heterocycles. The molecule has 4 aromatic rings. The van der Waals surface area contributed by atoms with Crippen molar-refractivity contribution >= 4 is 45.2 Å². The molecule has 3 heterocycles. The number of nitrogens with two attached hydrogens (primary N) is 1. The highest BCUT2D eigenvalue weighted by molar-refractivity contribution is 7.22. The number of aliphatic hydroxyl groups is 1. The van der Waals surface area contributed by atoms with Crippen LogP contribution in [0.3, 0.4) is 0 Å². The SMILES string of the molecule is CC[C@H](O)CNC(=O)c1cccc(-c2cc3nc(-c4cccc(N)c4C=N)nc(N4CCOCC4)c3s2)c1. The predicted octanol–water partition coefficient (Wildman–Crippen LogP) is 3.94. The summed E-state index contributed by atoms with van der Waals surface area (Å²) < 4.78 is 6.52. The van der Waals surface area contributed by atoms with Crippen molar-refractivity contribution in [1.29, 1.82) is 5.41 Å². The van der Waals surface area contributed by atoms with Gasteiger partial charge in [-0.3, -0.25) is 4.79 Å². The van der Waals surface area contributed by atoms with Gasteiger partial charge in [0.05, 0.1) is 29.5 Å². The molecule has 1 atom stereocenters. The molecule has 10 heteroatoms. The number of fused-ring (bicyclic) bond motifs is 1. The van der Waals surface area contributed by atoms with E-state index < -0.39 is 6.10 Å². The van der Waals surface area contributed by atoms with Crippen LogP contribution in [0.4, 0.5) is 11.5 Å². The molecule has 0 unspecified atom stereocenters. The number of nitrogen functional groups attached to an aromatic ring is 1. The molecule has 1 aliphatic rings. The average molecular weight is 531 g/mol. The number of anilines is 2. The fraction of sp³-hybridized carbons (Fsp3) is 0.286. The lowest BCUT2D eigenvalue weighted by Gasteiger charge is -2.28. The number of carbonyl (C=O) groups excluding carboxylic acids is 1. The summed E-state index contributed by atoms with van der Waals surface area (Å²) in [5.74, 6) is 1.11. The van der Waals surface area contributed by atoms with Crippen LogP contribution in [-0.4, -0.2) is 66.1 Å². The molecule has 0 spiro atoms. The average Bonchev–Trinajstić information content (AvgIpc) is 3.40. The van der Waals surface area contributed by atoms with E-state index in [0.717, 1.165) is 26.5 Å². The maximum atomic E-state index is 12.7. The number of morpholine rings is 1. The summed E-state index contributed by atoms with van der Waals surface area (Å²) in [5.41, 5.74) is 10.2. The van der Waals surface area contributed by atoms with E-state index in [2.05, 4.69) is 10.2 Å². The summed E-state index contributed by atoms with van der Waals surface area (Å²) in [4.78, 5) is 25.7. The first-order valence-corrected chi connectivity index (χ1v) is 13.4. The van der Waals surface area contributed by atoms with Gasteiger partial charge in [0.2, 0.25) is 0 Å². The van der Waals surface area contributed by atoms with Crippen molar-refractivity contribution in [3.05, 3.63) is 59.7 Å². The minimum atomic E-state index is -0.566. The summed E-state index contributed by atoms with van der Waals surface area (Å²) in [6, 6.07) is 14.9. The van der Waals surface area contributed by atoms with Crippen molar-refractivity contribution in [2.45, 2.75) is 19.4 Å². The molecule has 1 aliphatic heterocycles. The van der Waals surface area contributed by atoms with Crippen LogP contribution in [0.5, 0.6) is 0 Å². The van der Waals surface area contributed by atoms with E-state index in [4.69, 9.17) is 25.8 Å². The molecule has 0 bridgehead atoms. The number of rotatable bonds is 8. The van der Waals surface area contributed by atoms with Crippen molar-refractivity contribution < 1.29 is 14.6 Å². The molecule has 1 amide bonds. The largest absolute Gasteiger partial charge is 0.398 e. The Kier molecular flexibility index (Phi) is 7.64. The van der Waals surface area contributed by atoms with Gasteiger partial charge < -0.3 is 31.2 Å². The fourth-order valence-electron chi connectivity index (χ4n) is 4.38. The van der Waals surface area contributed by atoms with Gasteiger partial charge in [0.1, 0.15) is 0 Å². The van der Waals surface area contributed by atoms with E-state index >= 15 is 0 Å². The first-order chi connectivity index (χ1) is 18.5. The van der Waals surface area contributed by atoms with Crippen molar-refractivity contribution in [3.63, 3.8) is 0 Å². The lowest BCUT2D eigenvalue weighted by atomic mass is 10.1. The Morgan fingerprint density at radius 3 is 2.79 bits per heavy atom. The molecule has 38 heavy (non-hydrogen) atoms. The number of carbonyl (C=O) groups is 1. The molecule has 2 aromatic carbocycles. The number of hydrogen-bond acceptors (Lipinski definition) is 9. The molecule has 196 valence electrons. The van der Waals surface area contributed by atoms with Gasteiger partial charge in [-0.1, -0.05) is 31.2 Å². The van der Waals surface area contributed by atoms with Crippen LogP contribution in [0.15, 0.2) is 48.5 Å². The van der Waals surface area contributed by atoms with Crippen LogP contribution in [0.25, 0.3) is 32.0 Å². The number of aromatic nitrogens is 2. The number of thiophene rings is 1. The second-order valence-corrected chi connectivity index (χ2v) is 10.2. The Morgan fingerprint density at radius 1 is 1.24 bits per heavy atom. The van der Waals surface area contributed by atoms with Crippen LogP contribution in [0, 0.1) is 5.41 Å². The van der Waals surface area contributed by atoms with Crippen LogP contribution in [-0.2, 0) is 4.74 Å². The van der Waals surface area contributed by atoms with Gasteiger partial charge in [0.25, 0.3) is 5.91 Å². The smallest absolute Gasteiger partial charge is 0.251 e. The van der Waals surface area contributed by atoms with Crippen LogP contribution in [0.2, 0.25) is 0 Å². The Labute approximate surface area is 224 Å². The predicted molar refractivity (Wildman–Crippen MR) is 152 cm³/mol. The van der Waals surface area contributed by atoms with Crippen LogP contribution in [0.1, 0.15) is 29.3 Å². The lowest BCUT2D eigenvalue weighted by Crippen LogP contribution is -2.36. The quantitative estimate of drug-likeness (QED) is 0.200. The van der Waals surface area contributed by atoms with E-state index in [1.165, 1.54) is 6.21 Å². The monoisotopic (exact) mass is 530 g/mol. The highest BCUT2D eigenvalue weighted by Gasteiger charge is 2.22. The van der Waals surface area contributed by atoms with E-state index in [9.17, 15) is 9.90 Å². The molecule has 1 fully saturated rings. The summed E-state index contributed by atoms with van der Waals surface area (Å²) >= 11 is 1.58. The normalized spacial score (nSPS) is 14.4. The van der Waals surface area contributed by atoms with Crippen LogP contribution >= 0.6 is 11.3 Å². The zero-order chi connectivity index (χ0) is 26.6. The summed E-state index contributed by atoms with van der Waals surface area (Å²) in [5, 5.41) is 20.5. The zero-order valence-corrected chi connectivity index (χ0v) is 21.9. The second kappa shape index (κ2) is 11.3. The van der Waals surface area contributed by atoms with Crippen molar-refractivity contribution in [2.24, 2.45) is 0 Å². The molecular formula is C28H30N6O3S. The first-order valence-electron chi connectivity index (χ1n) is 12.6. The van der Waals surface area contributed by atoms with Crippen molar-refractivity contribution in [1.82, 2.24) is 15.3 Å². The van der Waals surface area contributed by atoms with Gasteiger partial charge in [-0.15, -0.1) is 11.3 Å². The lowest BCUT2D eigenvalue weighted by molar-refractivity contribution is 0.0914. The van der Waals surface area contributed by atoms with Gasteiger partial charge in [-0.2, -0.15) is 0 Å². The Morgan fingerprint density at radius 2 is 2.03 bits per heavy atom. The van der Waals surface area contributed by atoms with Gasteiger partial charge >= 0.3 is 0 Å². The summed E-state index contributed by atoms with van der Waals surface area (Å²) in [6.45, 7) is 4.75. The van der Waals surface area contributed by atoms with Gasteiger partial charge in [0.15, 0.2) is 11.6 Å². The molecular weight excluding hydrogens is 500 g/mol. The van der Waals surface area contributed by atoms with Crippen LogP contribution < -0.4 is 16.0 Å². The van der Waals surface area contributed by atoms with Crippen molar-refractivity contribution in [2.75, 3.05) is 43.5 Å². The van der Waals surface area contributed by atoms with E-state index in [1.54, 1.807) is 23.5 Å². The Balaban J connectivity index is 1.58. The fourth-order valence-corrected chi connectivity index (χ4v) is 5.49. The highest BCUT2D eigenvalue weighted by atomic mass is 32.1. The van der Waals surface area contributed by atoms with E-state index in [-0.39, 0.29) is 12.5 Å². The third kappa shape index (κ3) is 5.24. The first kappa shape index (κ1) is 25.8. The number of amides is 1. The molecule has 9 nitrogen and oxygen atoms in total. The van der Waals surface area contributed by atoms with Gasteiger partial charge in [0, 0.05) is 53.1 Å². The summed E-state index contributed by atoms with van der Waals surface area (Å²) in [7, 11) is 0. The maximum Gasteiger partial charge on any atom is 0.251 e. The Bertz CT molecular complexity index is 1480. The second-order valence-electron chi connectivity index (χ2n) is 9.10. The summed E-state index contributed by atoms with van der Waals surface area (Å²) in [6.07, 6.45) is 1.25. The number of ether oxygens (including phenoxy) is 1.